The van der Waals surface area contributed by atoms with Crippen molar-refractivity contribution in [1.82, 2.24) is 14.8 Å². The summed E-state index contributed by atoms with van der Waals surface area (Å²) in [5.41, 5.74) is -2.94. The van der Waals surface area contributed by atoms with Gasteiger partial charge in [0.25, 0.3) is 0 Å². The zero-order chi connectivity index (χ0) is 33.8. The van der Waals surface area contributed by atoms with Crippen molar-refractivity contribution in [1.29, 1.82) is 5.26 Å². The highest BCUT2D eigenvalue weighted by atomic mass is 32.2. The zero-order valence-electron chi connectivity index (χ0n) is 23.5. The fourth-order valence-corrected chi connectivity index (χ4v) is 5.50. The number of aliphatic imine (C=N–C) groups is 1. The van der Waals surface area contributed by atoms with E-state index in [1.807, 2.05) is 6.07 Å². The van der Waals surface area contributed by atoms with Gasteiger partial charge in [0.05, 0.1) is 41.8 Å². The van der Waals surface area contributed by atoms with E-state index in [2.05, 4.69) is 20.4 Å². The van der Waals surface area contributed by atoms with Gasteiger partial charge in [0.1, 0.15) is 12.1 Å². The van der Waals surface area contributed by atoms with Gasteiger partial charge in [-0.2, -0.15) is 36.6 Å². The Hall–Kier alpha value is -5.02. The summed E-state index contributed by atoms with van der Waals surface area (Å²) >= 11 is 0.699. The highest BCUT2D eigenvalue weighted by Crippen LogP contribution is 2.37. The quantitative estimate of drug-likeness (QED) is 0.150. The van der Waals surface area contributed by atoms with Gasteiger partial charge in [-0.15, -0.1) is 5.10 Å². The normalized spacial score (nSPS) is 14.4. The second-order valence-corrected chi connectivity index (χ2v) is 11.6. The topological polar surface area (TPSA) is 125 Å². The molecule has 0 saturated carbocycles. The molecule has 47 heavy (non-hydrogen) atoms. The third-order valence-corrected chi connectivity index (χ3v) is 7.82. The van der Waals surface area contributed by atoms with E-state index in [4.69, 9.17) is 4.74 Å². The maximum Gasteiger partial charge on any atom is 0.446 e. The Bertz CT molecular complexity index is 1850. The van der Waals surface area contributed by atoms with Gasteiger partial charge in [-0.05, 0) is 78.5 Å². The molecular formula is C29H19F6N7O3S2. The summed E-state index contributed by atoms with van der Waals surface area (Å²) in [6.45, 7) is -0.728. The Labute approximate surface area is 270 Å². The first-order valence-electron chi connectivity index (χ1n) is 13.3. The number of rotatable bonds is 8. The average molecular weight is 692 g/mol. The van der Waals surface area contributed by atoms with Crippen LogP contribution in [0.5, 0.6) is 5.75 Å². The van der Waals surface area contributed by atoms with Crippen molar-refractivity contribution in [2.45, 2.75) is 23.0 Å². The lowest BCUT2D eigenvalue weighted by Gasteiger charge is -2.20. The number of anilines is 2. The summed E-state index contributed by atoms with van der Waals surface area (Å²) in [4.78, 5) is 34.8. The lowest BCUT2D eigenvalue weighted by molar-refractivity contribution is -0.139. The molecular weight excluding hydrogens is 672 g/mol. The number of nitrogens with zero attached hydrogens (tertiary/aromatic N) is 6. The van der Waals surface area contributed by atoms with E-state index < -0.39 is 36.7 Å². The van der Waals surface area contributed by atoms with E-state index in [1.165, 1.54) is 53.5 Å². The third kappa shape index (κ3) is 8.83. The number of hydrogen-bond acceptors (Lipinski definition) is 8. The summed E-state index contributed by atoms with van der Waals surface area (Å²) in [7, 11) is 0. The van der Waals surface area contributed by atoms with Crippen LogP contribution in [0.3, 0.4) is 0 Å². The number of nitrogens with one attached hydrogen (secondary N) is 1. The predicted octanol–water partition coefficient (Wildman–Crippen LogP) is 7.42. The highest BCUT2D eigenvalue weighted by Gasteiger charge is 2.34. The molecule has 0 atom stereocenters. The Morgan fingerprint density at radius 2 is 1.79 bits per heavy atom. The molecule has 0 bridgehead atoms. The molecule has 1 fully saturated rings. The molecule has 5 rings (SSSR count). The second kappa shape index (κ2) is 13.8. The number of halogens is 6. The maximum absolute atomic E-state index is 12.8. The van der Waals surface area contributed by atoms with E-state index in [0.29, 0.717) is 22.8 Å². The van der Waals surface area contributed by atoms with Gasteiger partial charge in [-0.25, -0.2) is 14.5 Å². The highest BCUT2D eigenvalue weighted by molar-refractivity contribution is 8.15. The van der Waals surface area contributed by atoms with Crippen LogP contribution in [0, 0.1) is 11.3 Å². The first kappa shape index (κ1) is 33.3. The molecule has 3 amide bonds. The molecule has 0 radical (unpaired) electrons. The van der Waals surface area contributed by atoms with Gasteiger partial charge in [-0.1, -0.05) is 11.8 Å². The number of thioether (sulfide) groups is 2. The lowest BCUT2D eigenvalue weighted by atomic mass is 10.2. The Kier molecular flexibility index (Phi) is 9.77. The molecule has 3 aromatic carbocycles. The summed E-state index contributed by atoms with van der Waals surface area (Å²) in [5, 5.41) is 16.2. The largest absolute Gasteiger partial charge is 0.491 e. The van der Waals surface area contributed by atoms with E-state index in [-0.39, 0.29) is 44.6 Å². The fraction of sp³-hybridized carbons (Fsp3) is 0.172. The molecule has 2 heterocycles. The molecule has 0 spiro atoms. The minimum absolute atomic E-state index is 0.0276. The Morgan fingerprint density at radius 1 is 1.06 bits per heavy atom. The smallest absolute Gasteiger partial charge is 0.446 e. The van der Waals surface area contributed by atoms with Crippen LogP contribution in [-0.4, -0.2) is 55.9 Å². The van der Waals surface area contributed by atoms with Crippen molar-refractivity contribution in [3.8, 4) is 28.9 Å². The average Bonchev–Trinajstić information content (AvgIpc) is 3.64. The van der Waals surface area contributed by atoms with Gasteiger partial charge >= 0.3 is 17.7 Å². The summed E-state index contributed by atoms with van der Waals surface area (Å²) in [6, 6.07) is 16.8. The number of aromatic nitrogens is 3. The Balaban J connectivity index is 1.27. The molecule has 1 N–H and O–H groups in total. The monoisotopic (exact) mass is 691 g/mol. The van der Waals surface area contributed by atoms with Crippen molar-refractivity contribution in [2.75, 3.05) is 22.6 Å². The van der Waals surface area contributed by atoms with Gasteiger partial charge in [-0.3, -0.25) is 9.69 Å². The van der Waals surface area contributed by atoms with E-state index in [0.717, 1.165) is 16.7 Å². The van der Waals surface area contributed by atoms with E-state index in [9.17, 15) is 41.2 Å². The van der Waals surface area contributed by atoms with Crippen molar-refractivity contribution < 1.29 is 40.7 Å². The molecule has 1 aliphatic heterocycles. The van der Waals surface area contributed by atoms with Crippen LogP contribution in [0.25, 0.3) is 17.1 Å². The number of amides is 3. The summed E-state index contributed by atoms with van der Waals surface area (Å²) in [5.74, 6) is -0.428. The Morgan fingerprint density at radius 3 is 2.45 bits per heavy atom. The lowest BCUT2D eigenvalue weighted by Crippen LogP contribution is -2.31. The van der Waals surface area contributed by atoms with Crippen molar-refractivity contribution in [3.05, 3.63) is 78.6 Å². The van der Waals surface area contributed by atoms with E-state index in [1.54, 1.807) is 24.3 Å². The van der Waals surface area contributed by atoms with Crippen molar-refractivity contribution in [2.24, 2.45) is 4.99 Å². The summed E-state index contributed by atoms with van der Waals surface area (Å²) in [6.07, 6.45) is -4.31. The number of ether oxygens (including phenoxy) is 1. The minimum atomic E-state index is -4.47. The van der Waals surface area contributed by atoms with Crippen LogP contribution in [0.1, 0.15) is 12.0 Å². The standard InChI is InChI=1S/C29H19F6N7O3S2/c30-28(31,32)11-12-45-23-10-1-17(14-36)13-22(23)42-24(43)15-46-27(42)39-26(44)38-19-4-2-18(3-5-19)25-37-16-41(40-25)20-6-8-21(9-7-20)47-29(33,34)35/h1-10,13,16H,11-12,15H2,(H,38,44)/b39-27-. The van der Waals surface area contributed by atoms with Crippen LogP contribution in [0.15, 0.2) is 82.9 Å². The molecule has 18 heteroatoms. The van der Waals surface area contributed by atoms with Crippen molar-refractivity contribution >= 4 is 52.0 Å². The van der Waals surface area contributed by atoms with Gasteiger partial charge in [0.2, 0.25) is 5.91 Å². The summed E-state index contributed by atoms with van der Waals surface area (Å²) < 4.78 is 82.4. The number of urea groups is 1. The predicted molar refractivity (Wildman–Crippen MR) is 162 cm³/mol. The molecule has 1 aromatic heterocycles. The molecule has 0 unspecified atom stereocenters. The number of hydrogen-bond donors (Lipinski definition) is 1. The van der Waals surface area contributed by atoms with Crippen LogP contribution < -0.4 is 15.0 Å². The van der Waals surface area contributed by atoms with Crippen LogP contribution in [0.2, 0.25) is 0 Å². The van der Waals surface area contributed by atoms with E-state index >= 15 is 0 Å². The molecule has 0 aliphatic carbocycles. The first-order chi connectivity index (χ1) is 22.3. The van der Waals surface area contributed by atoms with Crippen LogP contribution >= 0.6 is 23.5 Å². The number of benzene rings is 3. The maximum atomic E-state index is 12.8. The van der Waals surface area contributed by atoms with Gasteiger partial charge in [0.15, 0.2) is 11.0 Å². The third-order valence-electron chi connectivity index (χ3n) is 6.16. The molecule has 1 aliphatic rings. The number of amidine groups is 1. The number of alkyl halides is 6. The molecule has 4 aromatic rings. The molecule has 10 nitrogen and oxygen atoms in total. The minimum Gasteiger partial charge on any atom is -0.491 e. The number of nitriles is 1. The van der Waals surface area contributed by atoms with Gasteiger partial charge < -0.3 is 10.1 Å². The van der Waals surface area contributed by atoms with Crippen molar-refractivity contribution in [3.63, 3.8) is 0 Å². The van der Waals surface area contributed by atoms with Crippen LogP contribution in [0.4, 0.5) is 42.5 Å². The second-order valence-electron chi connectivity index (χ2n) is 9.48. The number of carbonyl (C=O) groups is 2. The molecule has 1 saturated heterocycles. The first-order valence-corrected chi connectivity index (χ1v) is 15.1. The number of carbonyl (C=O) groups excluding carboxylic acids is 2. The SMILES string of the molecule is N#Cc1ccc(OCCC(F)(F)F)c(N2C(=O)CS/C2=N\C(=O)Nc2ccc(-c3ncn(-c4ccc(SC(F)(F)F)cc4)n3)cc2)c1. The van der Waals surface area contributed by atoms with Crippen LogP contribution in [-0.2, 0) is 4.79 Å². The molecule has 242 valence electrons. The fourth-order valence-electron chi connectivity index (χ4n) is 4.10. The van der Waals surface area contributed by atoms with Gasteiger partial charge in [0, 0.05) is 16.1 Å². The zero-order valence-corrected chi connectivity index (χ0v) is 25.2.